The monoisotopic (exact) mass is 246 g/mol. The van der Waals surface area contributed by atoms with Crippen LogP contribution in [0.25, 0.3) is 0 Å². The van der Waals surface area contributed by atoms with E-state index in [-0.39, 0.29) is 0 Å². The second kappa shape index (κ2) is 6.43. The second-order valence-corrected chi connectivity index (χ2v) is 2.89. The topological polar surface area (TPSA) is 116 Å². The molecule has 15 heavy (non-hydrogen) atoms. The molecule has 0 saturated heterocycles. The van der Waals surface area contributed by atoms with Crippen molar-refractivity contribution < 1.29 is 24.1 Å². The Labute approximate surface area is 87.9 Å². The van der Waals surface area contributed by atoms with Crippen LogP contribution in [0.2, 0.25) is 0 Å². The number of alkyl halides is 2. The minimum atomic E-state index is -2.18. The molecule has 0 aliphatic heterocycles. The fraction of sp³-hybridized carbons (Fsp3) is 1.00. The van der Waals surface area contributed by atoms with E-state index in [0.29, 0.717) is 0 Å². The SMILES string of the molecule is O=[N+]([O-])C(COC(Cl)C(O)CF)[N+](=O)[O-]. The maximum Gasteiger partial charge on any atom is 0.473 e. The summed E-state index contributed by atoms with van der Waals surface area (Å²) in [6.07, 6.45) is -3.86. The van der Waals surface area contributed by atoms with Crippen molar-refractivity contribution >= 4 is 11.6 Å². The lowest BCUT2D eigenvalue weighted by molar-refractivity contribution is -0.744. The number of rotatable bonds is 7. The molecule has 0 aliphatic rings. The quantitative estimate of drug-likeness (QED) is 0.287. The van der Waals surface area contributed by atoms with E-state index in [1.165, 1.54) is 0 Å². The van der Waals surface area contributed by atoms with Gasteiger partial charge in [-0.05, 0) is 0 Å². The van der Waals surface area contributed by atoms with Gasteiger partial charge in [0.1, 0.15) is 12.8 Å². The Morgan fingerprint density at radius 3 is 2.20 bits per heavy atom. The number of nitrogens with zero attached hydrogens (tertiary/aromatic N) is 2. The first-order valence-electron chi connectivity index (χ1n) is 3.66. The van der Waals surface area contributed by atoms with E-state index in [9.17, 15) is 24.6 Å². The molecule has 0 aromatic heterocycles. The van der Waals surface area contributed by atoms with Gasteiger partial charge in [0.15, 0.2) is 12.2 Å². The standard InChI is InChI=1S/C5H8ClFN2O6/c6-5(3(10)1-7)15-2-4(8(11)12)9(13)14/h3-5,10H,1-2H2. The van der Waals surface area contributed by atoms with Crippen LogP contribution in [-0.4, -0.2) is 46.1 Å². The van der Waals surface area contributed by atoms with Gasteiger partial charge in [-0.1, -0.05) is 11.6 Å². The van der Waals surface area contributed by atoms with Crippen molar-refractivity contribution in [1.82, 2.24) is 0 Å². The summed E-state index contributed by atoms with van der Waals surface area (Å²) in [6, 6.07) is 0. The minimum absolute atomic E-state index is 0.939. The molecular formula is C5H8ClFN2O6. The summed E-state index contributed by atoms with van der Waals surface area (Å²) in [7, 11) is 0. The Morgan fingerprint density at radius 2 is 1.87 bits per heavy atom. The van der Waals surface area contributed by atoms with Gasteiger partial charge in [-0.2, -0.15) is 0 Å². The summed E-state index contributed by atoms with van der Waals surface area (Å²) in [6.45, 7) is -2.15. The predicted octanol–water partition coefficient (Wildman–Crippen LogP) is -0.222. The molecule has 0 saturated carbocycles. The number of halogens is 2. The maximum absolute atomic E-state index is 11.8. The van der Waals surface area contributed by atoms with Crippen molar-refractivity contribution in [3.63, 3.8) is 0 Å². The zero-order valence-electron chi connectivity index (χ0n) is 7.29. The van der Waals surface area contributed by atoms with Crippen molar-refractivity contribution in [3.05, 3.63) is 20.2 Å². The third kappa shape index (κ3) is 4.81. The molecule has 0 aromatic rings. The number of hydrogen-bond acceptors (Lipinski definition) is 6. The van der Waals surface area contributed by atoms with Crippen molar-refractivity contribution in [3.8, 4) is 0 Å². The second-order valence-electron chi connectivity index (χ2n) is 2.46. The molecule has 2 atom stereocenters. The Morgan fingerprint density at radius 1 is 1.40 bits per heavy atom. The Kier molecular flexibility index (Phi) is 5.97. The smallest absolute Gasteiger partial charge is 0.386 e. The molecule has 0 rings (SSSR count). The zero-order valence-corrected chi connectivity index (χ0v) is 8.04. The fourth-order valence-electron chi connectivity index (χ4n) is 0.558. The molecule has 0 aromatic carbocycles. The first-order valence-corrected chi connectivity index (χ1v) is 4.10. The Balaban J connectivity index is 4.11. The first kappa shape index (κ1) is 13.9. The summed E-state index contributed by atoms with van der Waals surface area (Å²) < 4.78 is 16.2. The largest absolute Gasteiger partial charge is 0.473 e. The van der Waals surface area contributed by atoms with Crippen LogP contribution in [0.5, 0.6) is 0 Å². The van der Waals surface area contributed by atoms with E-state index in [1.807, 2.05) is 0 Å². The van der Waals surface area contributed by atoms with Crippen LogP contribution in [0.15, 0.2) is 0 Å². The Bertz CT molecular complexity index is 228. The Hall–Kier alpha value is -1.06. The lowest BCUT2D eigenvalue weighted by Gasteiger charge is -2.13. The molecule has 0 spiro atoms. The van der Waals surface area contributed by atoms with Gasteiger partial charge in [-0.15, -0.1) is 0 Å². The van der Waals surface area contributed by atoms with Crippen molar-refractivity contribution in [2.75, 3.05) is 13.3 Å². The van der Waals surface area contributed by atoms with E-state index < -0.39 is 41.0 Å². The van der Waals surface area contributed by atoms with Gasteiger partial charge in [0, 0.05) is 0 Å². The van der Waals surface area contributed by atoms with Crippen LogP contribution in [0, 0.1) is 20.2 Å². The van der Waals surface area contributed by atoms with Gasteiger partial charge in [-0.25, -0.2) is 4.39 Å². The molecule has 2 unspecified atom stereocenters. The van der Waals surface area contributed by atoms with Gasteiger partial charge >= 0.3 is 6.17 Å². The van der Waals surface area contributed by atoms with Crippen LogP contribution in [0.1, 0.15) is 0 Å². The number of aliphatic hydroxyl groups is 1. The number of ether oxygens (including phenoxy) is 1. The number of aliphatic hydroxyl groups excluding tert-OH is 1. The summed E-state index contributed by atoms with van der Waals surface area (Å²) in [5, 5.41) is 28.9. The fourth-order valence-corrected chi connectivity index (χ4v) is 0.698. The van der Waals surface area contributed by atoms with Crippen LogP contribution in [0.4, 0.5) is 4.39 Å². The van der Waals surface area contributed by atoms with Crippen LogP contribution < -0.4 is 0 Å². The highest BCUT2D eigenvalue weighted by atomic mass is 35.5. The summed E-state index contributed by atoms with van der Waals surface area (Å²) in [4.78, 5) is 17.8. The molecule has 0 radical (unpaired) electrons. The molecule has 10 heteroatoms. The highest BCUT2D eigenvalue weighted by Gasteiger charge is 2.34. The van der Waals surface area contributed by atoms with E-state index in [2.05, 4.69) is 4.74 Å². The van der Waals surface area contributed by atoms with E-state index >= 15 is 0 Å². The average molecular weight is 247 g/mol. The lowest BCUT2D eigenvalue weighted by Crippen LogP contribution is -2.37. The summed E-state index contributed by atoms with van der Waals surface area (Å²) >= 11 is 5.23. The molecular weight excluding hydrogens is 239 g/mol. The van der Waals surface area contributed by atoms with Gasteiger partial charge < -0.3 is 9.84 Å². The zero-order chi connectivity index (χ0) is 12.0. The maximum atomic E-state index is 11.8. The average Bonchev–Trinajstić information content (AvgIpc) is 2.15. The molecule has 1 N–H and O–H groups in total. The first-order chi connectivity index (χ1) is 6.90. The molecule has 0 heterocycles. The number of hydrogen-bond donors (Lipinski definition) is 1. The third-order valence-electron chi connectivity index (χ3n) is 1.35. The highest BCUT2D eigenvalue weighted by molar-refractivity contribution is 6.20. The molecule has 0 bridgehead atoms. The number of nitro groups is 2. The van der Waals surface area contributed by atoms with Crippen molar-refractivity contribution in [2.45, 2.75) is 17.8 Å². The normalized spacial score (nSPS) is 14.9. The van der Waals surface area contributed by atoms with Gasteiger partial charge in [-0.3, -0.25) is 20.2 Å². The van der Waals surface area contributed by atoms with E-state index in [4.69, 9.17) is 16.7 Å². The van der Waals surface area contributed by atoms with Gasteiger partial charge in [0.2, 0.25) is 0 Å². The van der Waals surface area contributed by atoms with Crippen molar-refractivity contribution in [2.24, 2.45) is 0 Å². The highest BCUT2D eigenvalue weighted by Crippen LogP contribution is 2.07. The van der Waals surface area contributed by atoms with Crippen LogP contribution in [0.3, 0.4) is 0 Å². The van der Waals surface area contributed by atoms with E-state index in [1.54, 1.807) is 0 Å². The van der Waals surface area contributed by atoms with Gasteiger partial charge in [0.25, 0.3) is 0 Å². The summed E-state index contributed by atoms with van der Waals surface area (Å²) in [5.41, 5.74) is -1.56. The molecule has 0 amide bonds. The lowest BCUT2D eigenvalue weighted by atomic mass is 10.4. The predicted molar refractivity (Wildman–Crippen MR) is 45.4 cm³/mol. The molecule has 88 valence electrons. The van der Waals surface area contributed by atoms with Crippen LogP contribution in [-0.2, 0) is 4.74 Å². The third-order valence-corrected chi connectivity index (χ3v) is 1.77. The van der Waals surface area contributed by atoms with E-state index in [0.717, 1.165) is 0 Å². The minimum Gasteiger partial charge on any atom is -0.386 e. The van der Waals surface area contributed by atoms with Crippen LogP contribution >= 0.6 is 11.6 Å². The van der Waals surface area contributed by atoms with Gasteiger partial charge in [0.05, 0.1) is 9.85 Å². The molecule has 0 aliphatic carbocycles. The molecule has 8 nitrogen and oxygen atoms in total. The molecule has 0 fully saturated rings. The summed E-state index contributed by atoms with van der Waals surface area (Å²) in [5.74, 6) is 0. The van der Waals surface area contributed by atoms with Crippen molar-refractivity contribution in [1.29, 1.82) is 0 Å².